The number of carbonyl (C=O) groups excluding carboxylic acids is 1. The fourth-order valence-corrected chi connectivity index (χ4v) is 2.42. The minimum atomic E-state index is -0.140. The molecule has 6 heteroatoms. The third kappa shape index (κ3) is 14.4. The zero-order chi connectivity index (χ0) is 21.1. The zero-order valence-corrected chi connectivity index (χ0v) is 17.5. The van der Waals surface area contributed by atoms with Crippen LogP contribution in [0, 0.1) is 0 Å². The molecule has 0 fully saturated rings. The van der Waals surface area contributed by atoms with Crippen molar-refractivity contribution in [2.45, 2.75) is 27.2 Å². The van der Waals surface area contributed by atoms with Crippen molar-refractivity contribution in [2.24, 2.45) is 15.7 Å². The Bertz CT molecular complexity index is 628. The summed E-state index contributed by atoms with van der Waals surface area (Å²) in [5, 5.41) is 2.85. The first-order valence-electron chi connectivity index (χ1n) is 8.44. The largest absolute Gasteiger partial charge is 0.348 e. The van der Waals surface area contributed by atoms with E-state index in [9.17, 15) is 4.79 Å². The van der Waals surface area contributed by atoms with Crippen LogP contribution in [0.3, 0.4) is 0 Å². The van der Waals surface area contributed by atoms with Gasteiger partial charge in [0.05, 0.1) is 11.6 Å². The highest BCUT2D eigenvalue weighted by Gasteiger charge is 2.11. The van der Waals surface area contributed by atoms with Gasteiger partial charge in [-0.25, -0.2) is 0 Å². The van der Waals surface area contributed by atoms with E-state index in [1.54, 1.807) is 24.4 Å². The van der Waals surface area contributed by atoms with E-state index in [1.807, 2.05) is 32.9 Å². The van der Waals surface area contributed by atoms with Gasteiger partial charge < -0.3 is 11.1 Å². The Labute approximate surface area is 168 Å². The van der Waals surface area contributed by atoms with Crippen LogP contribution >= 0.6 is 11.8 Å². The average Bonchev–Trinajstić information content (AvgIpc) is 2.68. The molecular formula is C21H32N4OS. The maximum atomic E-state index is 12.2. The molecule has 0 aliphatic heterocycles. The maximum Gasteiger partial charge on any atom is 0.257 e. The minimum absolute atomic E-state index is 0.140. The highest BCUT2D eigenvalue weighted by atomic mass is 32.2. The van der Waals surface area contributed by atoms with Gasteiger partial charge in [-0.2, -0.15) is 0 Å². The van der Waals surface area contributed by atoms with Gasteiger partial charge in [0, 0.05) is 18.7 Å². The van der Waals surface area contributed by atoms with Crippen molar-refractivity contribution < 1.29 is 4.79 Å². The van der Waals surface area contributed by atoms with Crippen molar-refractivity contribution in [1.29, 1.82) is 0 Å². The predicted octanol–water partition coefficient (Wildman–Crippen LogP) is 4.54. The predicted molar refractivity (Wildman–Crippen MR) is 123 cm³/mol. The Balaban J connectivity index is 0. The van der Waals surface area contributed by atoms with Gasteiger partial charge in [-0.1, -0.05) is 61.9 Å². The van der Waals surface area contributed by atoms with E-state index < -0.39 is 0 Å². The summed E-state index contributed by atoms with van der Waals surface area (Å²) in [6, 6.07) is 0. The van der Waals surface area contributed by atoms with Crippen LogP contribution in [0.5, 0.6) is 0 Å². The molecule has 27 heavy (non-hydrogen) atoms. The second kappa shape index (κ2) is 18.4. The fraction of sp³-hybridized carbons (Fsp3) is 0.286. The molecule has 0 atom stereocenters. The lowest BCUT2D eigenvalue weighted by atomic mass is 10.2. The molecule has 0 aliphatic carbocycles. The van der Waals surface area contributed by atoms with Gasteiger partial charge >= 0.3 is 0 Å². The second-order valence-corrected chi connectivity index (χ2v) is 6.12. The molecule has 0 heterocycles. The highest BCUT2D eigenvalue weighted by Crippen LogP contribution is 2.29. The lowest BCUT2D eigenvalue weighted by Gasteiger charge is -2.10. The lowest BCUT2D eigenvalue weighted by molar-refractivity contribution is -0.116. The third-order valence-corrected chi connectivity index (χ3v) is 4.06. The van der Waals surface area contributed by atoms with Gasteiger partial charge in [0.15, 0.2) is 0 Å². The first kappa shape index (κ1) is 26.8. The molecule has 0 rings (SSSR count). The molecular weight excluding hydrogens is 356 g/mol. The Morgan fingerprint density at radius 3 is 2.26 bits per heavy atom. The molecule has 0 radical (unpaired) electrons. The molecule has 5 nitrogen and oxygen atoms in total. The van der Waals surface area contributed by atoms with Crippen molar-refractivity contribution >= 4 is 30.6 Å². The quantitative estimate of drug-likeness (QED) is 0.310. The van der Waals surface area contributed by atoms with E-state index >= 15 is 0 Å². The minimum Gasteiger partial charge on any atom is -0.348 e. The van der Waals surface area contributed by atoms with Crippen LogP contribution < -0.4 is 11.1 Å². The van der Waals surface area contributed by atoms with Crippen LogP contribution in [0.4, 0.5) is 0 Å². The summed E-state index contributed by atoms with van der Waals surface area (Å²) in [6.45, 7) is 21.2. The van der Waals surface area contributed by atoms with Crippen molar-refractivity contribution in [3.63, 3.8) is 0 Å². The maximum absolute atomic E-state index is 12.2. The molecule has 0 aromatic heterocycles. The standard InChI is InChI=1S/C18H24N2OS.C3H8N2/c1-7-11-15(8-2)13-20-18(21)17(10-4)22-14(5)12-16(9-3)19-6;1-2-5-3-4/h7-11H,1-2,5-6,12-13H2,3-4H3,(H,20,21);2H,3-4H2,1H3/b15-11+,16-9-,17-10-;5-2-. The normalized spacial score (nSPS) is 12.1. The van der Waals surface area contributed by atoms with Crippen LogP contribution in [0.25, 0.3) is 0 Å². The molecule has 0 unspecified atom stereocenters. The number of nitrogens with one attached hydrogen (secondary N) is 1. The van der Waals surface area contributed by atoms with E-state index in [0.717, 1.165) is 16.2 Å². The molecule has 0 aromatic rings. The Hall–Kier alpha value is -2.44. The third-order valence-electron chi connectivity index (χ3n) is 2.99. The van der Waals surface area contributed by atoms with Gasteiger partial charge in [0.2, 0.25) is 0 Å². The Kier molecular flexibility index (Phi) is 18.2. The summed E-state index contributed by atoms with van der Waals surface area (Å²) in [5.41, 5.74) is 6.68. The first-order valence-corrected chi connectivity index (χ1v) is 9.26. The van der Waals surface area contributed by atoms with Crippen molar-refractivity contribution in [2.75, 3.05) is 13.2 Å². The zero-order valence-electron chi connectivity index (χ0n) is 16.7. The number of aliphatic imine (C=N–C) groups is 2. The molecule has 0 saturated carbocycles. The number of amides is 1. The summed E-state index contributed by atoms with van der Waals surface area (Å²) in [5.74, 6) is -0.140. The number of nitrogens with zero attached hydrogens (tertiary/aromatic N) is 2. The van der Waals surface area contributed by atoms with Crippen molar-refractivity contribution in [3.8, 4) is 0 Å². The summed E-state index contributed by atoms with van der Waals surface area (Å²) in [4.78, 5) is 21.2. The summed E-state index contributed by atoms with van der Waals surface area (Å²) in [6.07, 6.45) is 11.1. The van der Waals surface area contributed by atoms with Gasteiger partial charge in [-0.05, 0) is 44.2 Å². The number of carbonyl (C=O) groups is 1. The van der Waals surface area contributed by atoms with Crippen LogP contribution in [0.15, 0.2) is 81.2 Å². The topological polar surface area (TPSA) is 79.8 Å². The van der Waals surface area contributed by atoms with Crippen LogP contribution in [-0.4, -0.2) is 32.1 Å². The monoisotopic (exact) mass is 388 g/mol. The van der Waals surface area contributed by atoms with Crippen molar-refractivity contribution in [3.05, 3.63) is 71.2 Å². The van der Waals surface area contributed by atoms with E-state index in [2.05, 4.69) is 41.8 Å². The van der Waals surface area contributed by atoms with Gasteiger partial charge in [-0.15, -0.1) is 0 Å². The lowest BCUT2D eigenvalue weighted by Crippen LogP contribution is -2.25. The summed E-state index contributed by atoms with van der Waals surface area (Å²) < 4.78 is 0. The van der Waals surface area contributed by atoms with E-state index in [4.69, 9.17) is 5.73 Å². The van der Waals surface area contributed by atoms with E-state index in [-0.39, 0.29) is 5.91 Å². The number of hydrogen-bond acceptors (Lipinski definition) is 5. The number of thioether (sulfide) groups is 1. The Morgan fingerprint density at radius 2 is 1.89 bits per heavy atom. The van der Waals surface area contributed by atoms with Gasteiger partial charge in [0.1, 0.15) is 0 Å². The molecule has 0 spiro atoms. The molecule has 0 saturated heterocycles. The smallest absolute Gasteiger partial charge is 0.257 e. The number of nitrogens with two attached hydrogens (primary N) is 1. The number of rotatable bonds is 11. The van der Waals surface area contributed by atoms with Gasteiger partial charge in [0.25, 0.3) is 5.91 Å². The number of allylic oxidation sites excluding steroid dienone is 5. The number of hydrogen-bond donors (Lipinski definition) is 2. The molecule has 0 aliphatic rings. The fourth-order valence-electron chi connectivity index (χ4n) is 1.60. The van der Waals surface area contributed by atoms with Gasteiger partial charge in [-0.3, -0.25) is 14.8 Å². The molecule has 1 amide bonds. The Morgan fingerprint density at radius 1 is 1.22 bits per heavy atom. The molecule has 148 valence electrons. The average molecular weight is 389 g/mol. The van der Waals surface area contributed by atoms with E-state index in [1.165, 1.54) is 11.8 Å². The SMILES string of the molecule is C/C=N\CN.C=C/C=C(\C=C)CNC(=O)/C(=C/C)SC(=C)C/C(=C/C)N=C. The second-order valence-electron chi connectivity index (χ2n) is 4.90. The van der Waals surface area contributed by atoms with Crippen LogP contribution in [0.2, 0.25) is 0 Å². The van der Waals surface area contributed by atoms with E-state index in [0.29, 0.717) is 24.5 Å². The molecule has 3 N–H and O–H groups in total. The van der Waals surface area contributed by atoms with Crippen LogP contribution in [0.1, 0.15) is 27.2 Å². The van der Waals surface area contributed by atoms with Crippen molar-refractivity contribution in [1.82, 2.24) is 5.32 Å². The first-order chi connectivity index (χ1) is 12.9. The molecule has 0 bridgehead atoms. The summed E-state index contributed by atoms with van der Waals surface area (Å²) in [7, 11) is 0. The highest BCUT2D eigenvalue weighted by molar-refractivity contribution is 8.07. The summed E-state index contributed by atoms with van der Waals surface area (Å²) >= 11 is 1.35. The molecule has 0 aromatic carbocycles. The van der Waals surface area contributed by atoms with Crippen LogP contribution in [-0.2, 0) is 4.79 Å².